The molecule has 9 unspecified atom stereocenters. The van der Waals surface area contributed by atoms with E-state index in [1.54, 1.807) is 6.08 Å². The molecule has 5 rings (SSSR count). The normalized spacial score (nSPS) is 40.1. The van der Waals surface area contributed by atoms with Gasteiger partial charge in [-0.05, 0) is 130 Å². The highest BCUT2D eigenvalue weighted by Gasteiger charge is 2.65. The summed E-state index contributed by atoms with van der Waals surface area (Å²) in [5, 5.41) is 3.91. The van der Waals surface area contributed by atoms with Crippen LogP contribution in [0, 0.1) is 51.8 Å². The number of nitrogens with one attached hydrogen (secondary N) is 1. The highest BCUT2D eigenvalue weighted by molar-refractivity contribution is 7.91. The minimum atomic E-state index is -5.75. The highest BCUT2D eigenvalue weighted by atomic mass is 32.2. The predicted octanol–water partition coefficient (Wildman–Crippen LogP) is 8.10. The third kappa shape index (κ3) is 6.87. The molecule has 0 amide bonds. The van der Waals surface area contributed by atoms with Gasteiger partial charge in [0.25, 0.3) is 0 Å². The van der Waals surface area contributed by atoms with Crippen LogP contribution in [0.2, 0.25) is 0 Å². The van der Waals surface area contributed by atoms with Gasteiger partial charge in [0.1, 0.15) is 15.6 Å². The third-order valence-corrected chi connectivity index (χ3v) is 17.9. The highest BCUT2D eigenvalue weighted by Crippen LogP contribution is 2.69. The van der Waals surface area contributed by atoms with Gasteiger partial charge in [-0.2, -0.15) is 21.6 Å². The fourth-order valence-corrected chi connectivity index (χ4v) is 14.2. The van der Waals surface area contributed by atoms with Crippen LogP contribution in [0.5, 0.6) is 0 Å². The summed E-state index contributed by atoms with van der Waals surface area (Å²) in [4.78, 5) is 2.41. The van der Waals surface area contributed by atoms with Gasteiger partial charge in [-0.3, -0.25) is 0 Å². The van der Waals surface area contributed by atoms with Gasteiger partial charge < -0.3 is 14.4 Å². The van der Waals surface area contributed by atoms with E-state index in [4.69, 9.17) is 4.18 Å². The number of piperidine rings is 1. The van der Waals surface area contributed by atoms with Crippen molar-refractivity contribution >= 4 is 20.0 Å². The molecule has 4 aliphatic carbocycles. The fourth-order valence-electron chi connectivity index (χ4n) is 12.5. The molecule has 1 aliphatic heterocycles. The molecule has 0 radical (unpaired) electrons. The van der Waals surface area contributed by atoms with Crippen LogP contribution in [0.3, 0.4) is 0 Å². The van der Waals surface area contributed by atoms with Gasteiger partial charge in [0.15, 0.2) is 0 Å². The second-order valence-electron chi connectivity index (χ2n) is 18.0. The summed E-state index contributed by atoms with van der Waals surface area (Å²) in [6, 6.07) is 0. The van der Waals surface area contributed by atoms with E-state index in [2.05, 4.69) is 51.4 Å². The second kappa shape index (κ2) is 13.6. The van der Waals surface area contributed by atoms with E-state index in [9.17, 15) is 30.0 Å². The van der Waals surface area contributed by atoms with Gasteiger partial charge in [-0.15, -0.1) is 0 Å². The standard InChI is InChI=1S/C38H63F3N2O5S2/c1-10-31-34(5,6)32(48-50(46,47)38(39,40)41)14-17-36(31,8)29-11-12-30-33-28(25(2)3)13-18-37(33,20-19-35(30,7)26(29)4)42-21-24-43-22-15-27(16-23-43)49(9,44)45/h14,26-31,33,42H,2,10-13,15-24H2,1,3-9H3. The van der Waals surface area contributed by atoms with Gasteiger partial charge in [0.2, 0.25) is 0 Å². The van der Waals surface area contributed by atoms with Gasteiger partial charge in [0, 0.05) is 30.3 Å². The molecule has 288 valence electrons. The molecule has 0 aromatic heterocycles. The first kappa shape index (κ1) is 40.1. The maximum Gasteiger partial charge on any atom is 0.534 e. The Bertz CT molecular complexity index is 1540. The van der Waals surface area contributed by atoms with E-state index >= 15 is 0 Å². The van der Waals surface area contributed by atoms with Gasteiger partial charge in [-0.25, -0.2) is 8.42 Å². The Morgan fingerprint density at radius 1 is 0.980 bits per heavy atom. The molecule has 5 aliphatic rings. The summed E-state index contributed by atoms with van der Waals surface area (Å²) in [5.41, 5.74) is -5.21. The van der Waals surface area contributed by atoms with Crippen LogP contribution in [0.1, 0.15) is 113 Å². The zero-order chi connectivity index (χ0) is 37.3. The molecule has 0 aromatic carbocycles. The lowest BCUT2D eigenvalue weighted by molar-refractivity contribution is -0.140. The topological polar surface area (TPSA) is 92.8 Å². The van der Waals surface area contributed by atoms with Crippen LogP contribution in [-0.2, 0) is 24.1 Å². The second-order valence-corrected chi connectivity index (χ2v) is 21.9. The fraction of sp³-hybridized carbons (Fsp3) is 0.895. The van der Waals surface area contributed by atoms with E-state index in [1.807, 2.05) is 13.8 Å². The molecule has 9 atom stereocenters. The van der Waals surface area contributed by atoms with Gasteiger partial charge >= 0.3 is 15.6 Å². The zero-order valence-corrected chi connectivity index (χ0v) is 33.3. The molecule has 3 saturated carbocycles. The number of sulfone groups is 1. The summed E-state index contributed by atoms with van der Waals surface area (Å²) in [5.74, 6) is 1.98. The van der Waals surface area contributed by atoms with E-state index in [0.29, 0.717) is 55.3 Å². The van der Waals surface area contributed by atoms with E-state index in [-0.39, 0.29) is 33.3 Å². The number of halogens is 3. The number of hydrogen-bond donors (Lipinski definition) is 1. The summed E-state index contributed by atoms with van der Waals surface area (Å²) in [6.45, 7) is 23.1. The van der Waals surface area contributed by atoms with Gasteiger partial charge in [-0.1, -0.05) is 60.1 Å². The Labute approximate surface area is 300 Å². The number of allylic oxidation sites excluding steroid dienone is 3. The molecule has 1 saturated heterocycles. The summed E-state index contributed by atoms with van der Waals surface area (Å²) in [7, 11) is -8.75. The van der Waals surface area contributed by atoms with Crippen molar-refractivity contribution in [3.05, 3.63) is 24.0 Å². The quantitative estimate of drug-likeness (QED) is 0.137. The van der Waals surface area contributed by atoms with Crippen molar-refractivity contribution in [3.63, 3.8) is 0 Å². The summed E-state index contributed by atoms with van der Waals surface area (Å²) < 4.78 is 93.2. The Kier molecular flexibility index (Phi) is 10.9. The zero-order valence-electron chi connectivity index (χ0n) is 31.7. The minimum absolute atomic E-state index is 0.0487. The molecule has 7 nitrogen and oxygen atoms in total. The van der Waals surface area contributed by atoms with Crippen LogP contribution in [-0.4, -0.2) is 70.5 Å². The monoisotopic (exact) mass is 748 g/mol. The van der Waals surface area contributed by atoms with Crippen molar-refractivity contribution in [2.24, 2.45) is 51.8 Å². The number of rotatable bonds is 10. The molecule has 0 spiro atoms. The molecule has 0 aromatic rings. The van der Waals surface area contributed by atoms with E-state index in [1.165, 1.54) is 11.8 Å². The van der Waals surface area contributed by atoms with Crippen molar-refractivity contribution in [2.75, 3.05) is 32.4 Å². The van der Waals surface area contributed by atoms with Crippen molar-refractivity contribution in [2.45, 2.75) is 129 Å². The van der Waals surface area contributed by atoms with Crippen LogP contribution in [0.4, 0.5) is 13.2 Å². The largest absolute Gasteiger partial charge is 0.534 e. The molecule has 50 heavy (non-hydrogen) atoms. The third-order valence-electron chi connectivity index (χ3n) is 15.2. The number of likely N-dealkylation sites (tertiary alicyclic amines) is 1. The maximum absolute atomic E-state index is 13.3. The van der Waals surface area contributed by atoms with Crippen LogP contribution >= 0.6 is 0 Å². The smallest absolute Gasteiger partial charge is 0.380 e. The lowest BCUT2D eigenvalue weighted by Crippen LogP contribution is -2.63. The molecule has 1 heterocycles. The maximum atomic E-state index is 13.3. The molecular weight excluding hydrogens is 686 g/mol. The average Bonchev–Trinajstić information content (AvgIpc) is 3.39. The molecule has 1 N–H and O–H groups in total. The van der Waals surface area contributed by atoms with Crippen molar-refractivity contribution in [1.82, 2.24) is 10.2 Å². The van der Waals surface area contributed by atoms with Crippen LogP contribution < -0.4 is 5.32 Å². The van der Waals surface area contributed by atoms with Crippen LogP contribution in [0.15, 0.2) is 24.0 Å². The lowest BCUT2D eigenvalue weighted by atomic mass is 9.41. The Hall–Kier alpha value is -1.11. The van der Waals surface area contributed by atoms with E-state index < -0.39 is 30.9 Å². The first-order valence-electron chi connectivity index (χ1n) is 19.0. The Morgan fingerprint density at radius 2 is 1.60 bits per heavy atom. The molecule has 12 heteroatoms. The SMILES string of the molecule is C=C(C)C1CCC2(NCCN3CCC(S(C)(=O)=O)CC3)CCC3(C)C(C)C(C4(C)CC=C(OS(=O)(=O)C(F)(F)F)C(C)(C)C4CC)CCC3C12. The molecular formula is C38H63F3N2O5S2. The predicted molar refractivity (Wildman–Crippen MR) is 193 cm³/mol. The Balaban J connectivity index is 1.35. The first-order valence-corrected chi connectivity index (χ1v) is 22.3. The van der Waals surface area contributed by atoms with E-state index in [0.717, 1.165) is 64.7 Å². The summed E-state index contributed by atoms with van der Waals surface area (Å²) >= 11 is 0. The summed E-state index contributed by atoms with van der Waals surface area (Å²) in [6.07, 6.45) is 12.2. The average molecular weight is 749 g/mol. The first-order chi connectivity index (χ1) is 22.9. The minimum Gasteiger partial charge on any atom is -0.380 e. The molecule has 0 bridgehead atoms. The number of alkyl halides is 3. The Morgan fingerprint density at radius 3 is 2.16 bits per heavy atom. The number of fused-ring (bicyclic) bond motifs is 3. The number of nitrogens with zero attached hydrogens (tertiary/aromatic N) is 1. The van der Waals surface area contributed by atoms with Gasteiger partial charge in [0.05, 0.1) is 5.25 Å². The number of hydrogen-bond acceptors (Lipinski definition) is 7. The van der Waals surface area contributed by atoms with Crippen molar-refractivity contribution in [1.29, 1.82) is 0 Å². The van der Waals surface area contributed by atoms with Crippen molar-refractivity contribution in [3.8, 4) is 0 Å². The van der Waals surface area contributed by atoms with Crippen LogP contribution in [0.25, 0.3) is 0 Å². The van der Waals surface area contributed by atoms with Crippen molar-refractivity contribution < 1.29 is 34.2 Å². The molecule has 4 fully saturated rings. The lowest BCUT2D eigenvalue weighted by Gasteiger charge is -2.65.